The largest absolute Gasteiger partial charge is 0.475 e. The van der Waals surface area contributed by atoms with E-state index in [1.807, 2.05) is 6.07 Å². The summed E-state index contributed by atoms with van der Waals surface area (Å²) < 4.78 is 10.4. The molecule has 0 aliphatic heterocycles. The summed E-state index contributed by atoms with van der Waals surface area (Å²) in [5.41, 5.74) is 7.19. The molecule has 0 atom stereocenters. The first-order chi connectivity index (χ1) is 7.81. The van der Waals surface area contributed by atoms with E-state index in [4.69, 9.17) is 15.2 Å². The number of aromatic nitrogens is 2. The summed E-state index contributed by atoms with van der Waals surface area (Å²) in [6.07, 6.45) is 1.47. The van der Waals surface area contributed by atoms with E-state index in [0.29, 0.717) is 24.8 Å². The number of hydrogen-bond donors (Lipinski definition) is 1. The Morgan fingerprint density at radius 2 is 2.12 bits per heavy atom. The lowest BCUT2D eigenvalue weighted by atomic mass is 10.2. The molecule has 1 heterocycles. The molecule has 0 unspecified atom stereocenters. The first kappa shape index (κ1) is 10.6. The van der Waals surface area contributed by atoms with Crippen LogP contribution in [0.15, 0.2) is 24.5 Å². The zero-order valence-electron chi connectivity index (χ0n) is 9.01. The Morgan fingerprint density at radius 1 is 1.25 bits per heavy atom. The van der Waals surface area contributed by atoms with Crippen molar-refractivity contribution >= 4 is 16.6 Å². The summed E-state index contributed by atoms with van der Waals surface area (Å²) in [7, 11) is 1.62. The lowest BCUT2D eigenvalue weighted by molar-refractivity contribution is 0.144. The first-order valence-corrected chi connectivity index (χ1v) is 4.93. The molecule has 16 heavy (non-hydrogen) atoms. The van der Waals surface area contributed by atoms with Crippen molar-refractivity contribution in [3.8, 4) is 5.88 Å². The van der Waals surface area contributed by atoms with Crippen LogP contribution in [0.4, 0.5) is 5.69 Å². The van der Waals surface area contributed by atoms with Gasteiger partial charge in [-0.25, -0.2) is 9.97 Å². The summed E-state index contributed by atoms with van der Waals surface area (Å²) in [5.74, 6) is 0.536. The molecule has 0 spiro atoms. The molecule has 0 saturated carbocycles. The van der Waals surface area contributed by atoms with Gasteiger partial charge >= 0.3 is 0 Å². The van der Waals surface area contributed by atoms with Crippen molar-refractivity contribution in [1.29, 1.82) is 0 Å². The minimum atomic E-state index is 0.456. The number of anilines is 1. The normalized spacial score (nSPS) is 10.6. The van der Waals surface area contributed by atoms with Gasteiger partial charge < -0.3 is 15.2 Å². The number of rotatable bonds is 4. The first-order valence-electron chi connectivity index (χ1n) is 4.93. The molecule has 1 aromatic carbocycles. The molecule has 0 aliphatic rings. The zero-order valence-corrected chi connectivity index (χ0v) is 9.01. The number of nitrogen functional groups attached to an aromatic ring is 1. The number of benzene rings is 1. The van der Waals surface area contributed by atoms with Gasteiger partial charge in [0.25, 0.3) is 0 Å². The van der Waals surface area contributed by atoms with E-state index in [1.54, 1.807) is 19.2 Å². The lowest BCUT2D eigenvalue weighted by Crippen LogP contribution is -2.06. The molecule has 5 nitrogen and oxygen atoms in total. The van der Waals surface area contributed by atoms with Crippen molar-refractivity contribution < 1.29 is 9.47 Å². The molecular weight excluding hydrogens is 206 g/mol. The van der Waals surface area contributed by atoms with Crippen molar-refractivity contribution in [3.63, 3.8) is 0 Å². The quantitative estimate of drug-likeness (QED) is 0.618. The Balaban J connectivity index is 2.32. The highest BCUT2D eigenvalue weighted by atomic mass is 16.5. The predicted molar refractivity (Wildman–Crippen MR) is 61.3 cm³/mol. The molecule has 2 aromatic rings. The molecule has 0 radical (unpaired) electrons. The maximum absolute atomic E-state index is 5.71. The molecule has 0 amide bonds. The minimum Gasteiger partial charge on any atom is -0.475 e. The van der Waals surface area contributed by atoms with Gasteiger partial charge in [-0.15, -0.1) is 0 Å². The lowest BCUT2D eigenvalue weighted by Gasteiger charge is -2.07. The van der Waals surface area contributed by atoms with E-state index < -0.39 is 0 Å². The van der Waals surface area contributed by atoms with E-state index in [0.717, 1.165) is 10.9 Å². The van der Waals surface area contributed by atoms with Crippen molar-refractivity contribution in [2.24, 2.45) is 0 Å². The fraction of sp³-hybridized carbons (Fsp3) is 0.273. The van der Waals surface area contributed by atoms with Crippen molar-refractivity contribution in [2.75, 3.05) is 26.1 Å². The van der Waals surface area contributed by atoms with Gasteiger partial charge in [0.2, 0.25) is 5.88 Å². The van der Waals surface area contributed by atoms with Crippen LogP contribution < -0.4 is 10.5 Å². The van der Waals surface area contributed by atoms with E-state index in [2.05, 4.69) is 9.97 Å². The van der Waals surface area contributed by atoms with Crippen molar-refractivity contribution in [1.82, 2.24) is 9.97 Å². The van der Waals surface area contributed by atoms with Gasteiger partial charge in [0.05, 0.1) is 17.5 Å². The van der Waals surface area contributed by atoms with Crippen LogP contribution >= 0.6 is 0 Å². The topological polar surface area (TPSA) is 70.3 Å². The predicted octanol–water partition coefficient (Wildman–Crippen LogP) is 1.24. The third-order valence-corrected chi connectivity index (χ3v) is 2.15. The smallest absolute Gasteiger partial charge is 0.224 e. The Morgan fingerprint density at radius 3 is 2.94 bits per heavy atom. The molecule has 0 fully saturated rings. The third kappa shape index (κ3) is 2.20. The summed E-state index contributed by atoms with van der Waals surface area (Å²) in [6, 6.07) is 5.45. The summed E-state index contributed by atoms with van der Waals surface area (Å²) in [6.45, 7) is 0.977. The maximum Gasteiger partial charge on any atom is 0.224 e. The SMILES string of the molecule is COCCOc1ncnc2ccc(N)cc12. The highest BCUT2D eigenvalue weighted by molar-refractivity contribution is 5.86. The highest BCUT2D eigenvalue weighted by Crippen LogP contribution is 2.23. The molecule has 0 saturated heterocycles. The van der Waals surface area contributed by atoms with Gasteiger partial charge in [-0.05, 0) is 18.2 Å². The van der Waals surface area contributed by atoms with Gasteiger partial charge in [0.15, 0.2) is 0 Å². The van der Waals surface area contributed by atoms with Gasteiger partial charge in [-0.1, -0.05) is 0 Å². The van der Waals surface area contributed by atoms with Crippen LogP contribution in [0, 0.1) is 0 Å². The average molecular weight is 219 g/mol. The molecule has 1 aromatic heterocycles. The summed E-state index contributed by atoms with van der Waals surface area (Å²) in [5, 5.41) is 0.818. The summed E-state index contributed by atoms with van der Waals surface area (Å²) in [4.78, 5) is 8.21. The second kappa shape index (κ2) is 4.76. The fourth-order valence-corrected chi connectivity index (χ4v) is 1.39. The monoisotopic (exact) mass is 219 g/mol. The third-order valence-electron chi connectivity index (χ3n) is 2.15. The van der Waals surface area contributed by atoms with Gasteiger partial charge in [0, 0.05) is 12.8 Å². The van der Waals surface area contributed by atoms with Crippen LogP contribution in [0.3, 0.4) is 0 Å². The van der Waals surface area contributed by atoms with E-state index in [9.17, 15) is 0 Å². The van der Waals surface area contributed by atoms with Crippen LogP contribution in [-0.4, -0.2) is 30.3 Å². The number of ether oxygens (including phenoxy) is 2. The van der Waals surface area contributed by atoms with Crippen LogP contribution in [0.1, 0.15) is 0 Å². The second-order valence-electron chi connectivity index (χ2n) is 3.30. The highest BCUT2D eigenvalue weighted by Gasteiger charge is 2.04. The van der Waals surface area contributed by atoms with Gasteiger partial charge in [-0.2, -0.15) is 0 Å². The molecule has 0 aliphatic carbocycles. The van der Waals surface area contributed by atoms with Crippen molar-refractivity contribution in [3.05, 3.63) is 24.5 Å². The van der Waals surface area contributed by atoms with Crippen molar-refractivity contribution in [2.45, 2.75) is 0 Å². The number of nitrogens with zero attached hydrogens (tertiary/aromatic N) is 2. The second-order valence-corrected chi connectivity index (χ2v) is 3.30. The number of nitrogens with two attached hydrogens (primary N) is 1. The zero-order chi connectivity index (χ0) is 11.4. The summed E-state index contributed by atoms with van der Waals surface area (Å²) >= 11 is 0. The molecule has 2 rings (SSSR count). The van der Waals surface area contributed by atoms with Crippen LogP contribution in [-0.2, 0) is 4.74 Å². The minimum absolute atomic E-state index is 0.456. The van der Waals surface area contributed by atoms with Crippen LogP contribution in [0.2, 0.25) is 0 Å². The number of hydrogen-bond acceptors (Lipinski definition) is 5. The molecule has 2 N–H and O–H groups in total. The Kier molecular flexibility index (Phi) is 3.16. The Bertz CT molecular complexity index is 488. The van der Waals surface area contributed by atoms with Crippen LogP contribution in [0.25, 0.3) is 10.9 Å². The van der Waals surface area contributed by atoms with Crippen LogP contribution in [0.5, 0.6) is 5.88 Å². The molecule has 0 bridgehead atoms. The Hall–Kier alpha value is -1.88. The standard InChI is InChI=1S/C11H13N3O2/c1-15-4-5-16-11-9-6-8(12)2-3-10(9)13-7-14-11/h2-3,6-7H,4-5,12H2,1H3. The average Bonchev–Trinajstić information content (AvgIpc) is 2.30. The Labute approximate surface area is 93.2 Å². The molecular formula is C11H13N3O2. The molecule has 84 valence electrons. The number of methoxy groups -OCH3 is 1. The molecule has 5 heteroatoms. The number of fused-ring (bicyclic) bond motifs is 1. The van der Waals surface area contributed by atoms with Gasteiger partial charge in [0.1, 0.15) is 12.9 Å². The fourth-order valence-electron chi connectivity index (χ4n) is 1.39. The van der Waals surface area contributed by atoms with E-state index >= 15 is 0 Å². The van der Waals surface area contributed by atoms with Gasteiger partial charge in [-0.3, -0.25) is 0 Å². The van der Waals surface area contributed by atoms with E-state index in [-0.39, 0.29) is 0 Å². The maximum atomic E-state index is 5.71. The van der Waals surface area contributed by atoms with E-state index in [1.165, 1.54) is 6.33 Å².